The number of H-pyrrole nitrogens is 1. The number of hydrogen-bond acceptors (Lipinski definition) is 5. The van der Waals surface area contributed by atoms with Crippen LogP contribution in [0.3, 0.4) is 0 Å². The van der Waals surface area contributed by atoms with Crippen LogP contribution in [0.5, 0.6) is 0 Å². The number of nitrogens with zero attached hydrogens (tertiary/aromatic N) is 1. The normalized spacial score (nSPS) is 14.4. The van der Waals surface area contributed by atoms with Crippen molar-refractivity contribution in [1.29, 1.82) is 0 Å². The summed E-state index contributed by atoms with van der Waals surface area (Å²) < 4.78 is 4.99. The first-order valence-corrected chi connectivity index (χ1v) is 5.86. The molecule has 1 aromatic rings. The second-order valence-corrected chi connectivity index (χ2v) is 4.24. The number of anilines is 1. The van der Waals surface area contributed by atoms with E-state index in [1.807, 2.05) is 0 Å². The van der Waals surface area contributed by atoms with Gasteiger partial charge in [-0.25, -0.2) is 4.98 Å². The van der Waals surface area contributed by atoms with Crippen molar-refractivity contribution in [3.8, 4) is 0 Å². The van der Waals surface area contributed by atoms with Crippen LogP contribution in [-0.4, -0.2) is 35.6 Å². The van der Waals surface area contributed by atoms with Gasteiger partial charge >= 0.3 is 0 Å². The van der Waals surface area contributed by atoms with Gasteiger partial charge in [-0.2, -0.15) is 0 Å². The number of ether oxygens (including phenoxy) is 1. The molecule has 0 unspecified atom stereocenters. The zero-order valence-corrected chi connectivity index (χ0v) is 9.94. The predicted molar refractivity (Wildman–Crippen MR) is 65.3 cm³/mol. The zero-order chi connectivity index (χ0) is 13.0. The summed E-state index contributed by atoms with van der Waals surface area (Å²) in [6.07, 6.45) is 2.15. The highest BCUT2D eigenvalue weighted by Gasteiger charge is 2.26. The third kappa shape index (κ3) is 3.85. The van der Waals surface area contributed by atoms with E-state index in [-0.39, 0.29) is 12.2 Å². The molecule has 0 atom stereocenters. The highest BCUT2D eigenvalue weighted by atomic mass is 16.5. The molecule has 0 spiro atoms. The molecule has 1 aliphatic carbocycles. The average molecular weight is 252 g/mol. The van der Waals surface area contributed by atoms with Gasteiger partial charge in [0.15, 0.2) is 0 Å². The maximum absolute atomic E-state index is 11.4. The van der Waals surface area contributed by atoms with E-state index in [0.717, 1.165) is 18.7 Å². The molecular weight excluding hydrogens is 236 g/mol. The van der Waals surface area contributed by atoms with Gasteiger partial charge in [-0.3, -0.25) is 9.59 Å². The number of amides is 1. The lowest BCUT2D eigenvalue weighted by Crippen LogP contribution is -2.21. The van der Waals surface area contributed by atoms with E-state index >= 15 is 0 Å². The molecule has 4 N–H and O–H groups in total. The van der Waals surface area contributed by atoms with Crippen molar-refractivity contribution in [3.05, 3.63) is 22.2 Å². The van der Waals surface area contributed by atoms with Crippen molar-refractivity contribution in [2.45, 2.75) is 18.8 Å². The Morgan fingerprint density at radius 2 is 2.39 bits per heavy atom. The van der Waals surface area contributed by atoms with Gasteiger partial charge in [-0.1, -0.05) is 0 Å². The van der Waals surface area contributed by atoms with Gasteiger partial charge in [0.25, 0.3) is 5.56 Å². The molecular formula is C11H16N4O3. The van der Waals surface area contributed by atoms with E-state index in [2.05, 4.69) is 15.3 Å². The van der Waals surface area contributed by atoms with Crippen molar-refractivity contribution < 1.29 is 9.53 Å². The van der Waals surface area contributed by atoms with Crippen molar-refractivity contribution in [1.82, 2.24) is 9.97 Å². The smallest absolute Gasteiger partial charge is 0.252 e. The number of carbonyl (C=O) groups is 1. The predicted octanol–water partition coefficient (Wildman–Crippen LogP) is -0.439. The molecule has 7 nitrogen and oxygen atoms in total. The maximum atomic E-state index is 11.4. The van der Waals surface area contributed by atoms with Crippen LogP contribution in [0.2, 0.25) is 0 Å². The van der Waals surface area contributed by atoms with Crippen LogP contribution in [0.15, 0.2) is 10.9 Å². The number of hydrogen-bond donors (Lipinski definition) is 3. The number of nitrogens with one attached hydrogen (secondary N) is 2. The standard InChI is InChI=1S/C11H16N4O3/c12-8(16)6-18-4-3-13-9-5-10(17)15-11(14-9)7-1-2-7/h5,7H,1-4,6H2,(H2,12,16)(H2,13,14,15,17). The van der Waals surface area contributed by atoms with E-state index in [0.29, 0.717) is 24.9 Å². The SMILES string of the molecule is NC(=O)COCCNc1cc(=O)[nH]c(C2CC2)n1. The molecule has 1 saturated carbocycles. The Kier molecular flexibility index (Phi) is 3.93. The van der Waals surface area contributed by atoms with Gasteiger partial charge in [0.2, 0.25) is 5.91 Å². The minimum absolute atomic E-state index is 0.0994. The molecule has 7 heteroatoms. The molecule has 0 saturated heterocycles. The van der Waals surface area contributed by atoms with E-state index < -0.39 is 5.91 Å². The van der Waals surface area contributed by atoms with Crippen molar-refractivity contribution >= 4 is 11.7 Å². The fourth-order valence-corrected chi connectivity index (χ4v) is 1.54. The van der Waals surface area contributed by atoms with Gasteiger partial charge in [0.05, 0.1) is 6.61 Å². The monoisotopic (exact) mass is 252 g/mol. The minimum atomic E-state index is -0.500. The number of carbonyl (C=O) groups excluding carboxylic acids is 1. The van der Waals surface area contributed by atoms with Crippen LogP contribution in [0.4, 0.5) is 5.82 Å². The van der Waals surface area contributed by atoms with Crippen molar-refractivity contribution in [3.63, 3.8) is 0 Å². The first-order valence-electron chi connectivity index (χ1n) is 5.86. The molecule has 0 radical (unpaired) electrons. The minimum Gasteiger partial charge on any atom is -0.370 e. The van der Waals surface area contributed by atoms with Crippen molar-refractivity contribution in [2.75, 3.05) is 25.1 Å². The van der Waals surface area contributed by atoms with Crippen LogP contribution in [0.1, 0.15) is 24.6 Å². The summed E-state index contributed by atoms with van der Waals surface area (Å²) in [7, 11) is 0. The second-order valence-electron chi connectivity index (χ2n) is 4.24. The summed E-state index contributed by atoms with van der Waals surface area (Å²) in [6.45, 7) is 0.696. The maximum Gasteiger partial charge on any atom is 0.252 e. The molecule has 2 rings (SSSR count). The summed E-state index contributed by atoms with van der Waals surface area (Å²) in [4.78, 5) is 28.9. The number of primary amides is 1. The largest absolute Gasteiger partial charge is 0.370 e. The van der Waals surface area contributed by atoms with Crippen LogP contribution in [0, 0.1) is 0 Å². The Labute approximate surface area is 104 Å². The van der Waals surface area contributed by atoms with Gasteiger partial charge < -0.3 is 20.8 Å². The number of nitrogens with two attached hydrogens (primary N) is 1. The first-order chi connectivity index (χ1) is 8.65. The van der Waals surface area contributed by atoms with E-state index in [9.17, 15) is 9.59 Å². The molecule has 1 heterocycles. The van der Waals surface area contributed by atoms with Gasteiger partial charge in [0, 0.05) is 18.5 Å². The average Bonchev–Trinajstić information content (AvgIpc) is 3.11. The zero-order valence-electron chi connectivity index (χ0n) is 9.94. The van der Waals surface area contributed by atoms with Gasteiger partial charge in [-0.15, -0.1) is 0 Å². The molecule has 1 fully saturated rings. The molecule has 98 valence electrons. The van der Waals surface area contributed by atoms with Gasteiger partial charge in [-0.05, 0) is 12.8 Å². The highest BCUT2D eigenvalue weighted by molar-refractivity contribution is 5.74. The van der Waals surface area contributed by atoms with Crippen LogP contribution < -0.4 is 16.6 Å². The number of rotatable bonds is 7. The molecule has 0 bridgehead atoms. The number of aromatic amines is 1. The molecule has 1 aromatic heterocycles. The van der Waals surface area contributed by atoms with Crippen LogP contribution >= 0.6 is 0 Å². The number of aromatic nitrogens is 2. The van der Waals surface area contributed by atoms with E-state index in [1.165, 1.54) is 6.07 Å². The van der Waals surface area contributed by atoms with E-state index in [4.69, 9.17) is 10.5 Å². The topological polar surface area (TPSA) is 110 Å². The van der Waals surface area contributed by atoms with Crippen molar-refractivity contribution in [2.24, 2.45) is 5.73 Å². The Balaban J connectivity index is 1.81. The molecule has 1 amide bonds. The highest BCUT2D eigenvalue weighted by Crippen LogP contribution is 2.37. The Bertz CT molecular complexity index is 481. The Morgan fingerprint density at radius 1 is 1.61 bits per heavy atom. The summed E-state index contributed by atoms with van der Waals surface area (Å²) in [5.41, 5.74) is 4.76. The summed E-state index contributed by atoms with van der Waals surface area (Å²) >= 11 is 0. The third-order valence-electron chi connectivity index (χ3n) is 2.52. The molecule has 18 heavy (non-hydrogen) atoms. The van der Waals surface area contributed by atoms with Gasteiger partial charge in [0.1, 0.15) is 18.2 Å². The summed E-state index contributed by atoms with van der Waals surface area (Å²) in [5, 5.41) is 2.97. The third-order valence-corrected chi connectivity index (χ3v) is 2.52. The Morgan fingerprint density at radius 3 is 3.06 bits per heavy atom. The molecule has 1 aliphatic rings. The summed E-state index contributed by atoms with van der Waals surface area (Å²) in [6, 6.07) is 1.40. The molecule has 0 aliphatic heterocycles. The summed E-state index contributed by atoms with van der Waals surface area (Å²) in [5.74, 6) is 1.16. The van der Waals surface area contributed by atoms with Crippen LogP contribution in [-0.2, 0) is 9.53 Å². The lowest BCUT2D eigenvalue weighted by atomic mass is 10.4. The first kappa shape index (κ1) is 12.6. The lowest BCUT2D eigenvalue weighted by Gasteiger charge is -2.06. The fraction of sp³-hybridized carbons (Fsp3) is 0.545. The molecule has 0 aromatic carbocycles. The van der Waals surface area contributed by atoms with E-state index in [1.54, 1.807) is 0 Å². The fourth-order valence-electron chi connectivity index (χ4n) is 1.54. The lowest BCUT2D eigenvalue weighted by molar-refractivity contribution is -0.122. The second kappa shape index (κ2) is 5.63. The van der Waals surface area contributed by atoms with Crippen LogP contribution in [0.25, 0.3) is 0 Å². The quantitative estimate of drug-likeness (QED) is 0.570. The Hall–Kier alpha value is -1.89.